The summed E-state index contributed by atoms with van der Waals surface area (Å²) < 4.78 is 56.3. The van der Waals surface area contributed by atoms with Crippen molar-refractivity contribution in [3.05, 3.63) is 0 Å². The van der Waals surface area contributed by atoms with Gasteiger partial charge in [0, 0.05) is 44.8 Å². The standard InChI is InChI=1S/2Ag.2Cr.HI.2H2O.5O/h;;;;1H;2*1H2;;;;;/q;;2*+1;;;;;;;;/p-2. The normalized spacial score (nSPS) is 10.2. The molecule has 0 rings (SSSR count). The molecule has 7 nitrogen and oxygen atoms in total. The SMILES string of the molecule is I.[Ag].[Ag].[O]=[Cr](=[O])([OH])[O][Cr](=[O])(=[O])[OH]. The summed E-state index contributed by atoms with van der Waals surface area (Å²) in [6, 6.07) is 0. The van der Waals surface area contributed by atoms with Crippen molar-refractivity contribution in [3.63, 3.8) is 0 Å². The van der Waals surface area contributed by atoms with Crippen molar-refractivity contribution in [1.29, 1.82) is 0 Å². The van der Waals surface area contributed by atoms with Gasteiger partial charge < -0.3 is 0 Å². The van der Waals surface area contributed by atoms with Gasteiger partial charge in [-0.1, -0.05) is 0 Å². The van der Waals surface area contributed by atoms with Crippen molar-refractivity contribution in [2.45, 2.75) is 0 Å². The third-order valence-corrected chi connectivity index (χ3v) is 2.92. The van der Waals surface area contributed by atoms with Crippen LogP contribution in [0.4, 0.5) is 0 Å². The van der Waals surface area contributed by atoms with E-state index in [0.717, 1.165) is 0 Å². The van der Waals surface area contributed by atoms with Gasteiger partial charge in [0.05, 0.1) is 0 Å². The van der Waals surface area contributed by atoms with Crippen LogP contribution in [0, 0.1) is 0 Å². The Hall–Kier alpha value is 2.36. The summed E-state index contributed by atoms with van der Waals surface area (Å²) in [5.41, 5.74) is 0. The minimum absolute atomic E-state index is 0. The molecule has 86 valence electrons. The van der Waals surface area contributed by atoms with Crippen LogP contribution in [0.3, 0.4) is 0 Å². The summed E-state index contributed by atoms with van der Waals surface area (Å²) in [5.74, 6) is 0. The van der Waals surface area contributed by atoms with Crippen LogP contribution in [0.5, 0.6) is 0 Å². The molecule has 0 fully saturated rings. The Labute approximate surface area is 120 Å². The molecule has 12 heteroatoms. The molecule has 0 aromatic heterocycles. The molecule has 0 saturated carbocycles. The van der Waals surface area contributed by atoms with E-state index in [0.29, 0.717) is 0 Å². The molecule has 0 aliphatic heterocycles. The molecule has 2 radical (unpaired) electrons. The predicted octanol–water partition coefficient (Wildman–Crippen LogP) is -1.05. The van der Waals surface area contributed by atoms with Crippen LogP contribution in [0.1, 0.15) is 0 Å². The zero-order valence-corrected chi connectivity index (χ0v) is 12.6. The second kappa shape index (κ2) is 8.65. The van der Waals surface area contributed by atoms with Crippen molar-refractivity contribution < 1.29 is 98.4 Å². The predicted molar refractivity (Wildman–Crippen MR) is 23.7 cm³/mol. The number of rotatable bonds is 2. The Bertz CT molecular complexity index is 245. The maximum atomic E-state index is 9.53. The molecule has 12 heavy (non-hydrogen) atoms. The quantitative estimate of drug-likeness (QED) is 0.326. The van der Waals surface area contributed by atoms with Crippen LogP contribution < -0.4 is 0 Å². The third kappa shape index (κ3) is 22.8. The molecule has 0 aliphatic carbocycles. The fourth-order valence-electron chi connectivity index (χ4n) is 0.109. The van der Waals surface area contributed by atoms with E-state index in [-0.39, 0.29) is 68.7 Å². The Balaban J connectivity index is -0.000000107. The van der Waals surface area contributed by atoms with E-state index >= 15 is 0 Å². The van der Waals surface area contributed by atoms with Gasteiger partial charge in [-0.3, -0.25) is 0 Å². The minimum atomic E-state index is -5.76. The molecule has 0 amide bonds. The number of hydrogen-bond acceptors (Lipinski definition) is 5. The monoisotopic (exact) mass is 560 g/mol. The van der Waals surface area contributed by atoms with Gasteiger partial charge in [0.1, 0.15) is 0 Å². The molecular weight excluding hydrogens is 559 g/mol. The molecule has 0 aromatic carbocycles. The van der Waals surface area contributed by atoms with E-state index in [9.17, 15) is 15.2 Å². The molecule has 2 N–H and O–H groups in total. The molecule has 0 saturated heterocycles. The van der Waals surface area contributed by atoms with Crippen molar-refractivity contribution in [2.24, 2.45) is 0 Å². The summed E-state index contributed by atoms with van der Waals surface area (Å²) in [6.45, 7) is 0. The Morgan fingerprint density at radius 3 is 1.00 bits per heavy atom. The van der Waals surface area contributed by atoms with E-state index in [1.54, 1.807) is 0 Å². The van der Waals surface area contributed by atoms with Gasteiger partial charge in [-0.25, -0.2) is 0 Å². The van der Waals surface area contributed by atoms with E-state index in [2.05, 4.69) is 2.84 Å². The number of hydrogen-bond donors (Lipinski definition) is 2. The molecule has 0 aliphatic rings. The maximum absolute atomic E-state index is 9.53. The first-order chi connectivity index (χ1) is 3.71. The summed E-state index contributed by atoms with van der Waals surface area (Å²) in [6.07, 6.45) is 0. The first-order valence-corrected chi connectivity index (χ1v) is 5.63. The Kier molecular flexibility index (Phi) is 17.2. The molecule has 0 heterocycles. The Morgan fingerprint density at radius 2 is 1.00 bits per heavy atom. The van der Waals surface area contributed by atoms with Crippen LogP contribution in [0.25, 0.3) is 0 Å². The number of halogens is 1. The molecule has 0 spiro atoms. The summed E-state index contributed by atoms with van der Waals surface area (Å²) >= 11 is -11.5. The first-order valence-electron chi connectivity index (χ1n) is 1.37. The van der Waals surface area contributed by atoms with E-state index in [4.69, 9.17) is 8.32 Å². The summed E-state index contributed by atoms with van der Waals surface area (Å²) in [4.78, 5) is 0. The van der Waals surface area contributed by atoms with Crippen LogP contribution in [-0.4, -0.2) is 8.32 Å². The molecule has 0 unspecified atom stereocenters. The molecular formula is H3Ag2Cr2IO7. The van der Waals surface area contributed by atoms with Crippen LogP contribution in [0.2, 0.25) is 0 Å². The zero-order valence-electron chi connectivity index (χ0n) is 4.76. The van der Waals surface area contributed by atoms with Gasteiger partial charge in [-0.2, -0.15) is 0 Å². The third-order valence-electron chi connectivity index (χ3n) is 0.172. The zero-order chi connectivity index (χ0) is 7.71. The second-order valence-corrected chi connectivity index (χ2v) is 4.68. The summed E-state index contributed by atoms with van der Waals surface area (Å²) in [7, 11) is 0. The van der Waals surface area contributed by atoms with Crippen molar-refractivity contribution in [1.82, 2.24) is 0 Å². The fraction of sp³-hybridized carbons (Fsp3) is 0. The van der Waals surface area contributed by atoms with Crippen molar-refractivity contribution in [3.8, 4) is 0 Å². The molecule has 0 aromatic rings. The fourth-order valence-corrected chi connectivity index (χ4v) is 1.85. The van der Waals surface area contributed by atoms with Crippen molar-refractivity contribution >= 4 is 24.0 Å². The van der Waals surface area contributed by atoms with E-state index < -0.39 is 27.2 Å². The Morgan fingerprint density at radius 1 is 0.833 bits per heavy atom. The average Bonchev–Trinajstić information content (AvgIpc) is 1.14. The van der Waals surface area contributed by atoms with E-state index in [1.165, 1.54) is 0 Å². The van der Waals surface area contributed by atoms with Crippen LogP contribution in [-0.2, 0) is 90.0 Å². The van der Waals surface area contributed by atoms with Crippen LogP contribution in [0.15, 0.2) is 0 Å². The molecule has 0 atom stereocenters. The van der Waals surface area contributed by atoms with Gasteiger partial charge in [0.2, 0.25) is 0 Å². The topological polar surface area (TPSA) is 118 Å². The first kappa shape index (κ1) is 23.9. The van der Waals surface area contributed by atoms with E-state index in [1.807, 2.05) is 0 Å². The molecule has 0 bridgehead atoms. The van der Waals surface area contributed by atoms with Gasteiger partial charge in [-0.05, 0) is 0 Å². The van der Waals surface area contributed by atoms with Gasteiger partial charge in [-0.15, -0.1) is 24.0 Å². The van der Waals surface area contributed by atoms with Gasteiger partial charge >= 0.3 is 53.6 Å². The average molecular weight is 562 g/mol. The van der Waals surface area contributed by atoms with Crippen LogP contribution >= 0.6 is 24.0 Å². The van der Waals surface area contributed by atoms with Gasteiger partial charge in [0.15, 0.2) is 0 Å². The van der Waals surface area contributed by atoms with Crippen molar-refractivity contribution in [2.75, 3.05) is 0 Å². The summed E-state index contributed by atoms with van der Waals surface area (Å²) in [5, 5.41) is 0. The second-order valence-electron chi connectivity index (χ2n) is 0.924. The van der Waals surface area contributed by atoms with Gasteiger partial charge in [0.25, 0.3) is 0 Å².